The number of halogens is 1. The zero-order valence-electron chi connectivity index (χ0n) is 14.7. The summed E-state index contributed by atoms with van der Waals surface area (Å²) in [6, 6.07) is 37.0. The first-order valence-corrected chi connectivity index (χ1v) is 9.85. The van der Waals surface area contributed by atoms with Crippen molar-refractivity contribution in [1.82, 2.24) is 0 Å². The van der Waals surface area contributed by atoms with Crippen LogP contribution in [0.15, 0.2) is 108 Å². The smallest absolute Gasteiger partial charge is 0.0181 e. The van der Waals surface area contributed by atoms with E-state index >= 15 is 0 Å². The molecular formula is C26H17Br. The van der Waals surface area contributed by atoms with E-state index in [-0.39, 0.29) is 0 Å². The minimum absolute atomic E-state index is 1.11. The van der Waals surface area contributed by atoms with Crippen LogP contribution in [0.5, 0.6) is 0 Å². The van der Waals surface area contributed by atoms with Gasteiger partial charge in [0.15, 0.2) is 0 Å². The quantitative estimate of drug-likeness (QED) is 0.276. The third-order valence-electron chi connectivity index (χ3n) is 5.10. The normalized spacial score (nSPS) is 11.1. The highest BCUT2D eigenvalue weighted by Crippen LogP contribution is 2.32. The molecule has 5 rings (SSSR count). The third-order valence-corrected chi connectivity index (χ3v) is 5.59. The highest BCUT2D eigenvalue weighted by molar-refractivity contribution is 9.10. The average molecular weight is 409 g/mol. The minimum atomic E-state index is 1.11. The zero-order valence-corrected chi connectivity index (χ0v) is 16.3. The Bertz CT molecular complexity index is 1280. The molecule has 0 unspecified atom stereocenters. The second-order valence-electron chi connectivity index (χ2n) is 6.81. The molecule has 0 atom stereocenters. The van der Waals surface area contributed by atoms with E-state index in [4.69, 9.17) is 0 Å². The molecule has 0 heterocycles. The van der Waals surface area contributed by atoms with Gasteiger partial charge in [-0.15, -0.1) is 0 Å². The first kappa shape index (κ1) is 16.3. The molecule has 0 aliphatic rings. The summed E-state index contributed by atoms with van der Waals surface area (Å²) >= 11 is 3.55. The maximum atomic E-state index is 3.55. The number of hydrogen-bond donors (Lipinski definition) is 0. The van der Waals surface area contributed by atoms with Gasteiger partial charge in [0.2, 0.25) is 0 Å². The summed E-state index contributed by atoms with van der Waals surface area (Å²) in [5.41, 5.74) is 5.01. The van der Waals surface area contributed by atoms with Crippen molar-refractivity contribution in [2.45, 2.75) is 0 Å². The van der Waals surface area contributed by atoms with Gasteiger partial charge >= 0.3 is 0 Å². The van der Waals surface area contributed by atoms with E-state index < -0.39 is 0 Å². The van der Waals surface area contributed by atoms with Crippen molar-refractivity contribution in [3.05, 3.63) is 108 Å². The van der Waals surface area contributed by atoms with Crippen LogP contribution in [0.3, 0.4) is 0 Å². The van der Waals surface area contributed by atoms with Gasteiger partial charge in [-0.05, 0) is 68.1 Å². The summed E-state index contributed by atoms with van der Waals surface area (Å²) < 4.78 is 1.11. The van der Waals surface area contributed by atoms with Crippen molar-refractivity contribution in [3.8, 4) is 22.3 Å². The predicted molar refractivity (Wildman–Crippen MR) is 120 cm³/mol. The second-order valence-corrected chi connectivity index (χ2v) is 7.73. The Labute approximate surface area is 167 Å². The fraction of sp³-hybridized carbons (Fsp3) is 0. The van der Waals surface area contributed by atoms with Gasteiger partial charge in [0.1, 0.15) is 0 Å². The predicted octanol–water partition coefficient (Wildman–Crippen LogP) is 8.09. The number of benzene rings is 5. The molecule has 128 valence electrons. The van der Waals surface area contributed by atoms with E-state index in [9.17, 15) is 0 Å². The van der Waals surface area contributed by atoms with Gasteiger partial charge in [0, 0.05) is 4.47 Å². The molecule has 0 fully saturated rings. The minimum Gasteiger partial charge on any atom is -0.0616 e. The molecule has 5 aromatic carbocycles. The lowest BCUT2D eigenvalue weighted by atomic mass is 9.94. The highest BCUT2D eigenvalue weighted by Gasteiger charge is 2.06. The van der Waals surface area contributed by atoms with E-state index in [0.717, 1.165) is 4.47 Å². The Morgan fingerprint density at radius 3 is 2.11 bits per heavy atom. The summed E-state index contributed by atoms with van der Waals surface area (Å²) in [7, 11) is 0. The first-order chi connectivity index (χ1) is 13.3. The molecule has 0 saturated carbocycles. The molecule has 0 aromatic heterocycles. The Balaban J connectivity index is 1.64. The van der Waals surface area contributed by atoms with Crippen LogP contribution in [0.4, 0.5) is 0 Å². The molecule has 0 aliphatic heterocycles. The third kappa shape index (κ3) is 3.05. The molecule has 5 aromatic rings. The first-order valence-electron chi connectivity index (χ1n) is 9.06. The summed E-state index contributed by atoms with van der Waals surface area (Å²) in [6.45, 7) is 0. The van der Waals surface area contributed by atoms with Gasteiger partial charge in [0.25, 0.3) is 0 Å². The summed E-state index contributed by atoms with van der Waals surface area (Å²) in [6.07, 6.45) is 0. The fourth-order valence-corrected chi connectivity index (χ4v) is 4.12. The molecule has 0 bridgehead atoms. The van der Waals surface area contributed by atoms with Gasteiger partial charge in [-0.1, -0.05) is 94.8 Å². The molecule has 0 N–H and O–H groups in total. The Morgan fingerprint density at radius 2 is 1.15 bits per heavy atom. The van der Waals surface area contributed by atoms with E-state index in [1.807, 2.05) is 0 Å². The zero-order chi connectivity index (χ0) is 18.2. The Hall–Kier alpha value is -2.90. The van der Waals surface area contributed by atoms with E-state index in [2.05, 4.69) is 119 Å². The van der Waals surface area contributed by atoms with Crippen LogP contribution < -0.4 is 0 Å². The van der Waals surface area contributed by atoms with Crippen LogP contribution in [-0.4, -0.2) is 0 Å². The van der Waals surface area contributed by atoms with Crippen molar-refractivity contribution in [1.29, 1.82) is 0 Å². The van der Waals surface area contributed by atoms with E-state index in [0.29, 0.717) is 0 Å². The van der Waals surface area contributed by atoms with Crippen molar-refractivity contribution in [3.63, 3.8) is 0 Å². The lowest BCUT2D eigenvalue weighted by Crippen LogP contribution is -1.84. The largest absolute Gasteiger partial charge is 0.0616 e. The van der Waals surface area contributed by atoms with Crippen molar-refractivity contribution in [2.24, 2.45) is 0 Å². The van der Waals surface area contributed by atoms with Crippen molar-refractivity contribution >= 4 is 37.5 Å². The molecule has 0 radical (unpaired) electrons. The molecular weight excluding hydrogens is 392 g/mol. The number of rotatable bonds is 2. The molecule has 0 spiro atoms. The van der Waals surface area contributed by atoms with Gasteiger partial charge in [0.05, 0.1) is 0 Å². The van der Waals surface area contributed by atoms with Crippen LogP contribution in [0.1, 0.15) is 0 Å². The molecule has 27 heavy (non-hydrogen) atoms. The highest BCUT2D eigenvalue weighted by atomic mass is 79.9. The SMILES string of the molecule is Brc1ccc2cc(-c3cccc(-c4cccc5ccccc45)c3)ccc2c1. The second kappa shape index (κ2) is 6.68. The van der Waals surface area contributed by atoms with Gasteiger partial charge < -0.3 is 0 Å². The topological polar surface area (TPSA) is 0 Å². The lowest BCUT2D eigenvalue weighted by Gasteiger charge is -2.10. The summed E-state index contributed by atoms with van der Waals surface area (Å²) in [5.74, 6) is 0. The van der Waals surface area contributed by atoms with Crippen LogP contribution in [0.2, 0.25) is 0 Å². The maximum Gasteiger partial charge on any atom is 0.0181 e. The molecule has 0 aliphatic carbocycles. The summed E-state index contributed by atoms with van der Waals surface area (Å²) in [4.78, 5) is 0. The fourth-order valence-electron chi connectivity index (χ4n) is 3.74. The van der Waals surface area contributed by atoms with E-state index in [1.165, 1.54) is 43.8 Å². The Morgan fingerprint density at radius 1 is 0.444 bits per heavy atom. The maximum absolute atomic E-state index is 3.55. The molecule has 0 nitrogen and oxygen atoms in total. The van der Waals surface area contributed by atoms with Crippen LogP contribution in [0.25, 0.3) is 43.8 Å². The number of hydrogen-bond acceptors (Lipinski definition) is 0. The Kier molecular flexibility index (Phi) is 4.03. The average Bonchev–Trinajstić information content (AvgIpc) is 2.73. The van der Waals surface area contributed by atoms with Crippen LogP contribution in [0, 0.1) is 0 Å². The van der Waals surface area contributed by atoms with Crippen LogP contribution >= 0.6 is 15.9 Å². The molecule has 1 heteroatoms. The van der Waals surface area contributed by atoms with Gasteiger partial charge in [-0.2, -0.15) is 0 Å². The van der Waals surface area contributed by atoms with Crippen molar-refractivity contribution < 1.29 is 0 Å². The standard InChI is InChI=1S/C26H17Br/c27-24-14-13-21-15-20(11-12-22(21)17-24)19-7-3-8-23(16-19)26-10-4-6-18-5-1-2-9-25(18)26/h1-17H. The monoisotopic (exact) mass is 408 g/mol. The van der Waals surface area contributed by atoms with Crippen molar-refractivity contribution in [2.75, 3.05) is 0 Å². The van der Waals surface area contributed by atoms with Gasteiger partial charge in [-0.25, -0.2) is 0 Å². The van der Waals surface area contributed by atoms with Gasteiger partial charge in [-0.3, -0.25) is 0 Å². The lowest BCUT2D eigenvalue weighted by molar-refractivity contribution is 1.61. The summed E-state index contributed by atoms with van der Waals surface area (Å²) in [5, 5.41) is 5.07. The molecule has 0 amide bonds. The van der Waals surface area contributed by atoms with E-state index in [1.54, 1.807) is 0 Å². The van der Waals surface area contributed by atoms with Crippen LogP contribution in [-0.2, 0) is 0 Å². The molecule has 0 saturated heterocycles. The number of fused-ring (bicyclic) bond motifs is 2.